The van der Waals surface area contributed by atoms with Crippen LogP contribution in [0, 0.1) is 0 Å². The molecule has 1 heterocycles. The minimum absolute atomic E-state index is 0.188. The van der Waals surface area contributed by atoms with Gasteiger partial charge in [0.2, 0.25) is 0 Å². The highest BCUT2D eigenvalue weighted by atomic mass is 16.3. The van der Waals surface area contributed by atoms with Crippen LogP contribution in [0.25, 0.3) is 0 Å². The minimum atomic E-state index is -0.480. The Labute approximate surface area is 119 Å². The van der Waals surface area contributed by atoms with E-state index in [0.29, 0.717) is 5.69 Å². The van der Waals surface area contributed by atoms with Crippen molar-refractivity contribution in [3.63, 3.8) is 0 Å². The lowest BCUT2D eigenvalue weighted by Crippen LogP contribution is -2.43. The number of anilines is 1. The lowest BCUT2D eigenvalue weighted by molar-refractivity contribution is 0.0815. The largest absolute Gasteiger partial charge is 0.395 e. The number of carbonyl (C=O) groups excluding carboxylic acids is 1. The summed E-state index contributed by atoms with van der Waals surface area (Å²) >= 11 is 0. The Morgan fingerprint density at radius 2 is 2.10 bits per heavy atom. The van der Waals surface area contributed by atoms with Crippen molar-refractivity contribution in [1.82, 2.24) is 15.5 Å². The molecule has 1 fully saturated rings. The number of aliphatic hydroxyl groups excluding tert-OH is 1. The smallest absolute Gasteiger partial charge is 0.274 e. The first-order valence-corrected chi connectivity index (χ1v) is 7.33. The number of nitrogens with two attached hydrogens (primary N) is 1. The van der Waals surface area contributed by atoms with Crippen molar-refractivity contribution in [3.05, 3.63) is 11.4 Å². The second-order valence-electron chi connectivity index (χ2n) is 5.84. The summed E-state index contributed by atoms with van der Waals surface area (Å²) in [7, 11) is 0. The average Bonchev–Trinajstić information content (AvgIpc) is 2.67. The van der Waals surface area contributed by atoms with Crippen LogP contribution in [0.1, 0.15) is 68.1 Å². The molecule has 2 unspecified atom stereocenters. The Hall–Kier alpha value is -1.56. The monoisotopic (exact) mass is 280 g/mol. The first-order valence-electron chi connectivity index (χ1n) is 7.33. The van der Waals surface area contributed by atoms with Gasteiger partial charge in [-0.15, -0.1) is 0 Å². The van der Waals surface area contributed by atoms with E-state index in [4.69, 9.17) is 5.73 Å². The molecule has 5 N–H and O–H groups in total. The molecule has 1 aromatic heterocycles. The third-order valence-electron chi connectivity index (χ3n) is 3.92. The van der Waals surface area contributed by atoms with Crippen LogP contribution in [0.15, 0.2) is 0 Å². The molecule has 0 spiro atoms. The number of hydrogen-bond donors (Lipinski definition) is 4. The zero-order valence-electron chi connectivity index (χ0n) is 12.1. The highest BCUT2D eigenvalue weighted by Gasteiger charge is 2.26. The molecular weight excluding hydrogens is 256 g/mol. The van der Waals surface area contributed by atoms with E-state index in [9.17, 15) is 9.90 Å². The molecular formula is C14H24N4O2. The Balaban J connectivity index is 2.07. The molecule has 1 saturated carbocycles. The maximum absolute atomic E-state index is 12.2. The van der Waals surface area contributed by atoms with Crippen LogP contribution in [0.4, 0.5) is 5.69 Å². The van der Waals surface area contributed by atoms with Crippen LogP contribution >= 0.6 is 0 Å². The first kappa shape index (κ1) is 14.8. The van der Waals surface area contributed by atoms with Crippen molar-refractivity contribution >= 4 is 11.6 Å². The second kappa shape index (κ2) is 6.26. The van der Waals surface area contributed by atoms with Gasteiger partial charge in [0.25, 0.3) is 5.91 Å². The SMILES string of the molecule is CC(C)c1[nH]nc(C(=O)NC2CCCCCC2O)c1N. The Morgan fingerprint density at radius 1 is 1.40 bits per heavy atom. The van der Waals surface area contributed by atoms with Gasteiger partial charge in [0.15, 0.2) is 5.69 Å². The number of hydrogen-bond acceptors (Lipinski definition) is 4. The number of amides is 1. The van der Waals surface area contributed by atoms with Crippen molar-refractivity contribution < 1.29 is 9.90 Å². The fourth-order valence-corrected chi connectivity index (χ4v) is 2.67. The first-order chi connectivity index (χ1) is 9.50. The number of aliphatic hydroxyl groups is 1. The van der Waals surface area contributed by atoms with E-state index in [2.05, 4.69) is 15.5 Å². The lowest BCUT2D eigenvalue weighted by atomic mass is 10.1. The molecule has 6 heteroatoms. The highest BCUT2D eigenvalue weighted by molar-refractivity contribution is 5.97. The number of nitrogens with zero attached hydrogens (tertiary/aromatic N) is 1. The summed E-state index contributed by atoms with van der Waals surface area (Å²) in [5.41, 5.74) is 7.36. The molecule has 20 heavy (non-hydrogen) atoms. The van der Waals surface area contributed by atoms with Gasteiger partial charge in [0, 0.05) is 0 Å². The molecule has 0 aliphatic heterocycles. The van der Waals surface area contributed by atoms with Crippen LogP contribution in [-0.4, -0.2) is 33.4 Å². The van der Waals surface area contributed by atoms with E-state index in [0.717, 1.165) is 37.8 Å². The molecule has 1 aliphatic carbocycles. The van der Waals surface area contributed by atoms with E-state index >= 15 is 0 Å². The molecule has 1 amide bonds. The molecule has 0 aromatic carbocycles. The van der Waals surface area contributed by atoms with Crippen molar-refractivity contribution in [2.75, 3.05) is 5.73 Å². The zero-order valence-corrected chi connectivity index (χ0v) is 12.1. The maximum atomic E-state index is 12.2. The van der Waals surface area contributed by atoms with Crippen molar-refractivity contribution in [2.45, 2.75) is 64.0 Å². The summed E-state index contributed by atoms with van der Waals surface area (Å²) in [4.78, 5) is 12.2. The lowest BCUT2D eigenvalue weighted by Gasteiger charge is -2.21. The summed E-state index contributed by atoms with van der Waals surface area (Å²) < 4.78 is 0. The summed E-state index contributed by atoms with van der Waals surface area (Å²) in [6, 6.07) is -0.205. The number of nitrogens with one attached hydrogen (secondary N) is 2. The van der Waals surface area contributed by atoms with Gasteiger partial charge in [-0.1, -0.05) is 33.1 Å². The molecule has 0 saturated heterocycles. The average molecular weight is 280 g/mol. The third kappa shape index (κ3) is 3.12. The van der Waals surface area contributed by atoms with Gasteiger partial charge in [0.1, 0.15) is 0 Å². The second-order valence-corrected chi connectivity index (χ2v) is 5.84. The maximum Gasteiger partial charge on any atom is 0.274 e. The molecule has 2 atom stereocenters. The summed E-state index contributed by atoms with van der Waals surface area (Å²) in [5.74, 6) is -0.121. The van der Waals surface area contributed by atoms with E-state index < -0.39 is 6.10 Å². The summed E-state index contributed by atoms with van der Waals surface area (Å²) in [5, 5.41) is 19.7. The normalized spacial score (nSPS) is 23.6. The van der Waals surface area contributed by atoms with Crippen molar-refractivity contribution in [3.8, 4) is 0 Å². The fraction of sp³-hybridized carbons (Fsp3) is 0.714. The Kier molecular flexibility index (Phi) is 4.65. The minimum Gasteiger partial charge on any atom is -0.395 e. The Morgan fingerprint density at radius 3 is 2.75 bits per heavy atom. The topological polar surface area (TPSA) is 104 Å². The predicted octanol–water partition coefficient (Wildman–Crippen LogP) is 1.54. The molecule has 1 aliphatic rings. The molecule has 6 nitrogen and oxygen atoms in total. The van der Waals surface area contributed by atoms with Crippen LogP contribution in [-0.2, 0) is 0 Å². The highest BCUT2D eigenvalue weighted by Crippen LogP contribution is 2.23. The van der Waals surface area contributed by atoms with Crippen LogP contribution < -0.4 is 11.1 Å². The van der Waals surface area contributed by atoms with Gasteiger partial charge in [0.05, 0.1) is 23.5 Å². The van der Waals surface area contributed by atoms with Gasteiger partial charge < -0.3 is 16.2 Å². The van der Waals surface area contributed by atoms with E-state index in [1.807, 2.05) is 13.8 Å². The van der Waals surface area contributed by atoms with E-state index in [1.165, 1.54) is 0 Å². The number of H-pyrrole nitrogens is 1. The molecule has 2 rings (SSSR count). The molecule has 0 radical (unpaired) electrons. The van der Waals surface area contributed by atoms with Crippen molar-refractivity contribution in [2.24, 2.45) is 0 Å². The summed E-state index contributed by atoms with van der Waals surface area (Å²) in [6.07, 6.45) is 4.19. The van der Waals surface area contributed by atoms with Gasteiger partial charge in [-0.25, -0.2) is 0 Å². The number of rotatable bonds is 3. The van der Waals surface area contributed by atoms with Gasteiger partial charge >= 0.3 is 0 Å². The van der Waals surface area contributed by atoms with Crippen LogP contribution in [0.5, 0.6) is 0 Å². The number of nitrogen functional groups attached to an aromatic ring is 1. The zero-order chi connectivity index (χ0) is 14.7. The number of aromatic amines is 1. The fourth-order valence-electron chi connectivity index (χ4n) is 2.67. The number of aromatic nitrogens is 2. The molecule has 0 bridgehead atoms. The third-order valence-corrected chi connectivity index (χ3v) is 3.92. The van der Waals surface area contributed by atoms with Gasteiger partial charge in [-0.05, 0) is 18.8 Å². The van der Waals surface area contributed by atoms with Crippen LogP contribution in [0.2, 0.25) is 0 Å². The standard InChI is InChI=1S/C14H24N4O2/c1-8(2)12-11(15)13(18-17-12)14(20)16-9-6-4-3-5-7-10(9)19/h8-10,19H,3-7,15H2,1-2H3,(H,16,20)(H,17,18). The van der Waals surface area contributed by atoms with Crippen LogP contribution in [0.3, 0.4) is 0 Å². The van der Waals surface area contributed by atoms with Gasteiger partial charge in [-0.3, -0.25) is 9.89 Å². The van der Waals surface area contributed by atoms with E-state index in [1.54, 1.807) is 0 Å². The summed E-state index contributed by atoms with van der Waals surface area (Å²) in [6.45, 7) is 3.97. The quantitative estimate of drug-likeness (QED) is 0.630. The predicted molar refractivity (Wildman–Crippen MR) is 77.4 cm³/mol. The molecule has 112 valence electrons. The Bertz CT molecular complexity index is 470. The van der Waals surface area contributed by atoms with E-state index in [-0.39, 0.29) is 23.6 Å². The van der Waals surface area contributed by atoms with Gasteiger partial charge in [-0.2, -0.15) is 5.10 Å². The molecule has 1 aromatic rings. The number of carbonyl (C=O) groups is 1. The van der Waals surface area contributed by atoms with Crippen molar-refractivity contribution in [1.29, 1.82) is 0 Å².